The Morgan fingerprint density at radius 2 is 1.98 bits per heavy atom. The van der Waals surface area contributed by atoms with Crippen LogP contribution < -0.4 is 16.0 Å². The highest BCUT2D eigenvalue weighted by molar-refractivity contribution is 7.89. The van der Waals surface area contributed by atoms with Crippen LogP contribution in [0.25, 0.3) is 0 Å². The van der Waals surface area contributed by atoms with Gasteiger partial charge in [-0.05, 0) is 68.4 Å². The van der Waals surface area contributed by atoms with Crippen molar-refractivity contribution in [2.75, 3.05) is 31.5 Å². The maximum absolute atomic E-state index is 15.1. The van der Waals surface area contributed by atoms with Crippen molar-refractivity contribution in [1.29, 1.82) is 0 Å². The van der Waals surface area contributed by atoms with E-state index in [0.717, 1.165) is 35.2 Å². The fraction of sp³-hybridized carbons (Fsp3) is 0.481. The molecule has 4 N–H and O–H groups in total. The second kappa shape index (κ2) is 12.3. The van der Waals surface area contributed by atoms with E-state index < -0.39 is 59.2 Å². The summed E-state index contributed by atoms with van der Waals surface area (Å²) in [5, 5.41) is 17.3. The highest BCUT2D eigenvalue weighted by Gasteiger charge is 2.55. The van der Waals surface area contributed by atoms with Crippen LogP contribution in [-0.2, 0) is 37.2 Å². The van der Waals surface area contributed by atoms with Crippen LogP contribution in [0.15, 0.2) is 41.3 Å². The number of carboxylic acid groups (broad SMARTS) is 1. The number of benzene rings is 1. The van der Waals surface area contributed by atoms with Crippen molar-refractivity contribution >= 4 is 33.6 Å². The number of unbranched alkanes of at least 4 members (excludes halogenated alkanes) is 1. The zero-order chi connectivity index (χ0) is 28.9. The zero-order valence-corrected chi connectivity index (χ0v) is 23.1. The Labute approximate surface area is 232 Å². The quantitative estimate of drug-likeness (QED) is 0.278. The average Bonchev–Trinajstić information content (AvgIpc) is 2.91. The minimum atomic E-state index is -4.00. The molecule has 2 amide bonds. The number of carboxylic acids is 1. The molecule has 4 rings (SSSR count). The second-order valence-electron chi connectivity index (χ2n) is 10.3. The zero-order valence-electron chi connectivity index (χ0n) is 22.3. The Kier molecular flexibility index (Phi) is 9.04. The maximum Gasteiger partial charge on any atom is 0.328 e. The van der Waals surface area contributed by atoms with Gasteiger partial charge < -0.3 is 21.1 Å². The lowest BCUT2D eigenvalue weighted by Gasteiger charge is -2.42. The number of anilines is 1. The average molecular weight is 576 g/mol. The van der Waals surface area contributed by atoms with Crippen LogP contribution in [0.3, 0.4) is 0 Å². The van der Waals surface area contributed by atoms with Crippen molar-refractivity contribution in [2.45, 2.75) is 62.1 Å². The van der Waals surface area contributed by atoms with Gasteiger partial charge in [0.2, 0.25) is 21.6 Å². The number of halogens is 1. The van der Waals surface area contributed by atoms with Gasteiger partial charge in [-0.25, -0.2) is 22.6 Å². The molecule has 0 aliphatic carbocycles. The van der Waals surface area contributed by atoms with Crippen molar-refractivity contribution in [3.05, 3.63) is 53.2 Å². The molecular formula is C27H34FN5O6S. The fourth-order valence-corrected chi connectivity index (χ4v) is 6.28. The van der Waals surface area contributed by atoms with Gasteiger partial charge in [-0.2, -0.15) is 4.31 Å². The van der Waals surface area contributed by atoms with E-state index >= 15 is 4.39 Å². The minimum Gasteiger partial charge on any atom is -0.480 e. The second-order valence-corrected chi connectivity index (χ2v) is 12.2. The molecule has 11 nitrogen and oxygen atoms in total. The Hall–Kier alpha value is -3.58. The number of pyridine rings is 1. The number of hydrogen-bond acceptors (Lipinski definition) is 7. The Morgan fingerprint density at radius 3 is 2.70 bits per heavy atom. The third-order valence-electron chi connectivity index (χ3n) is 7.03. The molecule has 3 heterocycles. The van der Waals surface area contributed by atoms with Gasteiger partial charge in [0.05, 0.1) is 18.0 Å². The predicted molar refractivity (Wildman–Crippen MR) is 145 cm³/mol. The standard InChI is InChI=1S/C27H34FN5O6S/c1-18-6-4-9-21(14-18)40(38,39)33-16-27(28,17-33)26(37)32-22(25(35)36)15-30-23(34)10-3-2-8-20-12-11-19-7-5-13-29-24(19)31-20/h4,6,9,11-12,14,22H,2-3,5,7-8,10,13,15-17H2,1H3,(H,29,31)(H,30,34)(H,32,37)(H,35,36). The molecule has 1 aromatic heterocycles. The Morgan fingerprint density at radius 1 is 1.20 bits per heavy atom. The van der Waals surface area contributed by atoms with Crippen LogP contribution in [0.4, 0.5) is 10.2 Å². The van der Waals surface area contributed by atoms with Gasteiger partial charge in [0, 0.05) is 25.2 Å². The van der Waals surface area contributed by atoms with E-state index in [1.807, 2.05) is 6.07 Å². The molecular weight excluding hydrogens is 541 g/mol. The molecule has 0 spiro atoms. The molecule has 40 heavy (non-hydrogen) atoms. The number of nitrogens with zero attached hydrogens (tertiary/aromatic N) is 2. The van der Waals surface area contributed by atoms with Crippen LogP contribution in [0.5, 0.6) is 0 Å². The number of alkyl halides is 1. The van der Waals surface area contributed by atoms with E-state index in [1.165, 1.54) is 17.7 Å². The first-order chi connectivity index (χ1) is 19.0. The molecule has 1 atom stereocenters. The van der Waals surface area contributed by atoms with Crippen LogP contribution in [0, 0.1) is 6.92 Å². The first kappa shape index (κ1) is 29.4. The van der Waals surface area contributed by atoms with Crippen LogP contribution in [0.1, 0.15) is 42.5 Å². The Balaban J connectivity index is 1.20. The molecule has 0 radical (unpaired) electrons. The van der Waals surface area contributed by atoms with Crippen molar-refractivity contribution in [3.8, 4) is 0 Å². The summed E-state index contributed by atoms with van der Waals surface area (Å²) in [5.74, 6) is -2.17. The lowest BCUT2D eigenvalue weighted by Crippen LogP contribution is -2.68. The van der Waals surface area contributed by atoms with E-state index in [9.17, 15) is 27.9 Å². The van der Waals surface area contributed by atoms with Crippen molar-refractivity contribution in [2.24, 2.45) is 0 Å². The molecule has 0 bridgehead atoms. The first-order valence-electron chi connectivity index (χ1n) is 13.3. The van der Waals surface area contributed by atoms with Crippen molar-refractivity contribution in [1.82, 2.24) is 19.9 Å². The number of amides is 2. The van der Waals surface area contributed by atoms with Crippen molar-refractivity contribution < 1.29 is 32.3 Å². The number of carbonyl (C=O) groups is 3. The number of hydrogen-bond donors (Lipinski definition) is 4. The molecule has 216 valence electrons. The van der Waals surface area contributed by atoms with Crippen LogP contribution in [-0.4, -0.2) is 78.5 Å². The number of rotatable bonds is 12. The van der Waals surface area contributed by atoms with E-state index in [2.05, 4.69) is 27.0 Å². The predicted octanol–water partition coefficient (Wildman–Crippen LogP) is 1.56. The van der Waals surface area contributed by atoms with Crippen molar-refractivity contribution in [3.63, 3.8) is 0 Å². The van der Waals surface area contributed by atoms with E-state index in [0.29, 0.717) is 24.8 Å². The highest BCUT2D eigenvalue weighted by atomic mass is 32.2. The molecule has 1 fully saturated rings. The normalized spacial score (nSPS) is 17.1. The summed E-state index contributed by atoms with van der Waals surface area (Å²) in [6.07, 6.45) is 4.22. The molecule has 13 heteroatoms. The number of fused-ring (bicyclic) bond motifs is 1. The van der Waals surface area contributed by atoms with Gasteiger partial charge in [0.25, 0.3) is 5.91 Å². The number of aromatic nitrogens is 1. The fourth-order valence-electron chi connectivity index (χ4n) is 4.64. The third kappa shape index (κ3) is 6.94. The van der Waals surface area contributed by atoms with Gasteiger partial charge in [-0.1, -0.05) is 18.2 Å². The molecule has 2 aliphatic rings. The summed E-state index contributed by atoms with van der Waals surface area (Å²) in [6.45, 7) is 0.728. The summed E-state index contributed by atoms with van der Waals surface area (Å²) in [6, 6.07) is 8.60. The smallest absolute Gasteiger partial charge is 0.328 e. The Bertz CT molecular complexity index is 1380. The van der Waals surface area contributed by atoms with E-state index in [-0.39, 0.29) is 11.3 Å². The number of sulfonamides is 1. The number of aryl methyl sites for hydroxylation is 3. The molecule has 2 aromatic rings. The van der Waals surface area contributed by atoms with Gasteiger partial charge in [0.1, 0.15) is 11.9 Å². The molecule has 1 aromatic carbocycles. The number of carbonyl (C=O) groups excluding carboxylic acids is 2. The summed E-state index contributed by atoms with van der Waals surface area (Å²) in [7, 11) is -4.00. The molecule has 0 saturated carbocycles. The summed E-state index contributed by atoms with van der Waals surface area (Å²) >= 11 is 0. The topological polar surface area (TPSA) is 158 Å². The first-order valence-corrected chi connectivity index (χ1v) is 14.7. The van der Waals surface area contributed by atoms with Crippen LogP contribution in [0.2, 0.25) is 0 Å². The van der Waals surface area contributed by atoms with Gasteiger partial charge in [0.15, 0.2) is 0 Å². The molecule has 2 aliphatic heterocycles. The molecule has 1 unspecified atom stereocenters. The lowest BCUT2D eigenvalue weighted by atomic mass is 9.98. The summed E-state index contributed by atoms with van der Waals surface area (Å²) in [5.41, 5.74) is 0.273. The largest absolute Gasteiger partial charge is 0.480 e. The monoisotopic (exact) mass is 575 g/mol. The van der Waals surface area contributed by atoms with Crippen LogP contribution >= 0.6 is 0 Å². The van der Waals surface area contributed by atoms with Gasteiger partial charge in [-0.15, -0.1) is 0 Å². The lowest BCUT2D eigenvalue weighted by molar-refractivity contribution is -0.147. The summed E-state index contributed by atoms with van der Waals surface area (Å²) < 4.78 is 41.4. The van der Waals surface area contributed by atoms with Gasteiger partial charge >= 0.3 is 5.97 Å². The SMILES string of the molecule is Cc1cccc(S(=O)(=O)N2CC(F)(C(=O)NC(CNC(=O)CCCCc3ccc4c(n3)NCCC4)C(=O)O)C2)c1. The highest BCUT2D eigenvalue weighted by Crippen LogP contribution is 2.31. The summed E-state index contributed by atoms with van der Waals surface area (Å²) in [4.78, 5) is 41.0. The number of nitrogens with one attached hydrogen (secondary N) is 3. The molecule has 1 saturated heterocycles. The minimum absolute atomic E-state index is 0.0166. The van der Waals surface area contributed by atoms with E-state index in [1.54, 1.807) is 19.1 Å². The number of aliphatic carboxylic acids is 1. The maximum atomic E-state index is 15.1. The van der Waals surface area contributed by atoms with Gasteiger partial charge in [-0.3, -0.25) is 9.59 Å². The van der Waals surface area contributed by atoms with E-state index in [4.69, 9.17) is 0 Å². The third-order valence-corrected chi connectivity index (χ3v) is 8.82.